The lowest BCUT2D eigenvalue weighted by molar-refractivity contribution is 0.414. The maximum Gasteiger partial charge on any atom is 0.191 e. The number of piperidine rings is 1. The lowest BCUT2D eigenvalue weighted by atomic mass is 10.1. The lowest BCUT2D eigenvalue weighted by Gasteiger charge is -2.27. The molecule has 1 aliphatic rings. The van der Waals surface area contributed by atoms with E-state index in [0.717, 1.165) is 50.1 Å². The molecular weight excluding hydrogens is 362 g/mol. The highest BCUT2D eigenvalue weighted by molar-refractivity contribution is 5.79. The molecule has 0 atom stereocenters. The molecule has 2 N–H and O–H groups in total. The zero-order chi connectivity index (χ0) is 20.3. The number of ether oxygens (including phenoxy) is 1. The summed E-state index contributed by atoms with van der Waals surface area (Å²) in [7, 11) is 1.69. The SMILES string of the molecule is CCNC(=NCc1ccnc(N2CCCCC2)c1)NCCc1ccc(OC)cc1. The summed E-state index contributed by atoms with van der Waals surface area (Å²) in [5.41, 5.74) is 2.46. The highest BCUT2D eigenvalue weighted by atomic mass is 16.5. The van der Waals surface area contributed by atoms with E-state index >= 15 is 0 Å². The molecule has 1 aromatic heterocycles. The fourth-order valence-corrected chi connectivity index (χ4v) is 3.48. The number of methoxy groups -OCH3 is 1. The van der Waals surface area contributed by atoms with Gasteiger partial charge in [0, 0.05) is 32.4 Å². The Kier molecular flexibility index (Phi) is 8.16. The number of aromatic nitrogens is 1. The molecule has 0 amide bonds. The van der Waals surface area contributed by atoms with Gasteiger partial charge >= 0.3 is 0 Å². The van der Waals surface area contributed by atoms with Gasteiger partial charge in [-0.15, -0.1) is 0 Å². The van der Waals surface area contributed by atoms with Gasteiger partial charge in [0.2, 0.25) is 0 Å². The Morgan fingerprint density at radius 2 is 1.86 bits per heavy atom. The van der Waals surface area contributed by atoms with Gasteiger partial charge in [0.1, 0.15) is 11.6 Å². The van der Waals surface area contributed by atoms with Crippen LogP contribution in [0.3, 0.4) is 0 Å². The predicted octanol–water partition coefficient (Wildman–Crippen LogP) is 3.38. The number of nitrogens with zero attached hydrogens (tertiary/aromatic N) is 3. The second-order valence-corrected chi connectivity index (χ2v) is 7.29. The van der Waals surface area contributed by atoms with Crippen molar-refractivity contribution in [2.45, 2.75) is 39.2 Å². The van der Waals surface area contributed by atoms with Gasteiger partial charge in [-0.25, -0.2) is 9.98 Å². The molecule has 1 aliphatic heterocycles. The Hall–Kier alpha value is -2.76. The van der Waals surface area contributed by atoms with Crippen LogP contribution in [0.15, 0.2) is 47.6 Å². The summed E-state index contributed by atoms with van der Waals surface area (Å²) in [6.45, 7) is 6.60. The summed E-state index contributed by atoms with van der Waals surface area (Å²) >= 11 is 0. The first-order chi connectivity index (χ1) is 14.3. The predicted molar refractivity (Wildman–Crippen MR) is 120 cm³/mol. The number of hydrogen-bond donors (Lipinski definition) is 2. The minimum Gasteiger partial charge on any atom is -0.497 e. The quantitative estimate of drug-likeness (QED) is 0.530. The Labute approximate surface area is 174 Å². The topological polar surface area (TPSA) is 61.8 Å². The Bertz CT molecular complexity index is 769. The van der Waals surface area contributed by atoms with Crippen molar-refractivity contribution in [2.24, 2.45) is 4.99 Å². The van der Waals surface area contributed by atoms with Crippen LogP contribution in [-0.2, 0) is 13.0 Å². The van der Waals surface area contributed by atoms with E-state index < -0.39 is 0 Å². The fourth-order valence-electron chi connectivity index (χ4n) is 3.48. The van der Waals surface area contributed by atoms with E-state index in [0.29, 0.717) is 6.54 Å². The zero-order valence-corrected chi connectivity index (χ0v) is 17.7. The number of guanidine groups is 1. The number of rotatable bonds is 8. The molecule has 1 saturated heterocycles. The first-order valence-electron chi connectivity index (χ1n) is 10.6. The van der Waals surface area contributed by atoms with Crippen LogP contribution in [0.1, 0.15) is 37.3 Å². The van der Waals surface area contributed by atoms with E-state index in [2.05, 4.69) is 51.7 Å². The number of nitrogens with one attached hydrogen (secondary N) is 2. The summed E-state index contributed by atoms with van der Waals surface area (Å²) in [4.78, 5) is 11.7. The lowest BCUT2D eigenvalue weighted by Crippen LogP contribution is -2.38. The standard InChI is InChI=1S/C23H33N5O/c1-3-24-23(26-14-11-19-7-9-21(29-2)10-8-19)27-18-20-12-13-25-22(17-20)28-15-5-4-6-16-28/h7-10,12-13,17H,3-6,11,14-16,18H2,1-2H3,(H2,24,26,27). The highest BCUT2D eigenvalue weighted by Gasteiger charge is 2.12. The summed E-state index contributed by atoms with van der Waals surface area (Å²) in [5.74, 6) is 2.81. The maximum absolute atomic E-state index is 5.21. The summed E-state index contributed by atoms with van der Waals surface area (Å²) < 4.78 is 5.21. The van der Waals surface area contributed by atoms with Crippen molar-refractivity contribution in [3.63, 3.8) is 0 Å². The van der Waals surface area contributed by atoms with E-state index in [4.69, 9.17) is 9.73 Å². The maximum atomic E-state index is 5.21. The molecular formula is C23H33N5O. The minimum absolute atomic E-state index is 0.640. The number of anilines is 1. The second-order valence-electron chi connectivity index (χ2n) is 7.29. The second kappa shape index (κ2) is 11.3. The van der Waals surface area contributed by atoms with Crippen LogP contribution in [-0.4, -0.2) is 44.2 Å². The van der Waals surface area contributed by atoms with Crippen molar-refractivity contribution < 1.29 is 4.74 Å². The van der Waals surface area contributed by atoms with Gasteiger partial charge in [0.15, 0.2) is 5.96 Å². The fraction of sp³-hybridized carbons (Fsp3) is 0.478. The van der Waals surface area contributed by atoms with E-state index in [1.54, 1.807) is 7.11 Å². The molecule has 6 nitrogen and oxygen atoms in total. The van der Waals surface area contributed by atoms with Gasteiger partial charge in [-0.1, -0.05) is 12.1 Å². The third-order valence-electron chi connectivity index (χ3n) is 5.12. The molecule has 0 saturated carbocycles. The summed E-state index contributed by atoms with van der Waals surface area (Å²) in [5, 5.41) is 6.76. The van der Waals surface area contributed by atoms with Crippen LogP contribution in [0.5, 0.6) is 5.75 Å². The Morgan fingerprint density at radius 1 is 1.07 bits per heavy atom. The molecule has 2 aromatic rings. The summed E-state index contributed by atoms with van der Waals surface area (Å²) in [6, 6.07) is 12.4. The average molecular weight is 396 g/mol. The molecule has 1 aromatic carbocycles. The van der Waals surface area contributed by atoms with Gasteiger partial charge in [0.25, 0.3) is 0 Å². The molecule has 0 radical (unpaired) electrons. The van der Waals surface area contributed by atoms with Gasteiger partial charge < -0.3 is 20.3 Å². The van der Waals surface area contributed by atoms with Crippen LogP contribution < -0.4 is 20.3 Å². The highest BCUT2D eigenvalue weighted by Crippen LogP contribution is 2.18. The number of pyridine rings is 1. The Balaban J connectivity index is 1.54. The van der Waals surface area contributed by atoms with Crippen molar-refractivity contribution in [1.82, 2.24) is 15.6 Å². The minimum atomic E-state index is 0.640. The number of hydrogen-bond acceptors (Lipinski definition) is 4. The Morgan fingerprint density at radius 3 is 2.59 bits per heavy atom. The third kappa shape index (κ3) is 6.66. The first-order valence-corrected chi connectivity index (χ1v) is 10.6. The molecule has 0 unspecified atom stereocenters. The van der Waals surface area contributed by atoms with Crippen molar-refractivity contribution in [1.29, 1.82) is 0 Å². The van der Waals surface area contributed by atoms with Crippen LogP contribution in [0.25, 0.3) is 0 Å². The molecule has 0 bridgehead atoms. The van der Waals surface area contributed by atoms with Gasteiger partial charge in [-0.05, 0) is 68.0 Å². The van der Waals surface area contributed by atoms with Crippen molar-refractivity contribution >= 4 is 11.8 Å². The van der Waals surface area contributed by atoms with Gasteiger partial charge in [0.05, 0.1) is 13.7 Å². The molecule has 2 heterocycles. The normalized spacial score (nSPS) is 14.6. The third-order valence-corrected chi connectivity index (χ3v) is 5.12. The monoisotopic (exact) mass is 395 g/mol. The molecule has 1 fully saturated rings. The average Bonchev–Trinajstić information content (AvgIpc) is 2.79. The molecule has 0 aliphatic carbocycles. The van der Waals surface area contributed by atoms with Crippen molar-refractivity contribution in [2.75, 3.05) is 38.2 Å². The zero-order valence-electron chi connectivity index (χ0n) is 17.7. The van der Waals surface area contributed by atoms with Crippen LogP contribution in [0.2, 0.25) is 0 Å². The van der Waals surface area contributed by atoms with E-state index in [1.807, 2.05) is 18.3 Å². The molecule has 156 valence electrons. The number of aliphatic imine (C=N–C) groups is 1. The molecule has 29 heavy (non-hydrogen) atoms. The first kappa shape index (κ1) is 21.0. The van der Waals surface area contributed by atoms with Crippen LogP contribution in [0, 0.1) is 0 Å². The molecule has 6 heteroatoms. The van der Waals surface area contributed by atoms with Crippen LogP contribution in [0.4, 0.5) is 5.82 Å². The van der Waals surface area contributed by atoms with Crippen LogP contribution >= 0.6 is 0 Å². The smallest absolute Gasteiger partial charge is 0.191 e. The number of benzene rings is 1. The molecule has 3 rings (SSSR count). The largest absolute Gasteiger partial charge is 0.497 e. The summed E-state index contributed by atoms with van der Waals surface area (Å²) in [6.07, 6.45) is 6.68. The van der Waals surface area contributed by atoms with Crippen molar-refractivity contribution in [3.05, 3.63) is 53.7 Å². The van der Waals surface area contributed by atoms with E-state index in [9.17, 15) is 0 Å². The molecule has 0 spiro atoms. The van der Waals surface area contributed by atoms with E-state index in [-0.39, 0.29) is 0 Å². The van der Waals surface area contributed by atoms with E-state index in [1.165, 1.54) is 30.4 Å². The van der Waals surface area contributed by atoms with Gasteiger partial charge in [-0.3, -0.25) is 0 Å². The van der Waals surface area contributed by atoms with Gasteiger partial charge in [-0.2, -0.15) is 0 Å². The van der Waals surface area contributed by atoms with Crippen molar-refractivity contribution in [3.8, 4) is 5.75 Å².